The van der Waals surface area contributed by atoms with Gasteiger partial charge in [0.2, 0.25) is 0 Å². The summed E-state index contributed by atoms with van der Waals surface area (Å²) in [6.45, 7) is 0. The number of aliphatic hydroxyl groups excluding tert-OH is 1. The van der Waals surface area contributed by atoms with E-state index in [1.54, 1.807) is 48.5 Å². The fourth-order valence-electron chi connectivity index (χ4n) is 2.62. The lowest BCUT2D eigenvalue weighted by Crippen LogP contribution is -2.49. The molecular weight excluding hydrogens is 338 g/mol. The summed E-state index contributed by atoms with van der Waals surface area (Å²) < 4.78 is 0. The molecule has 0 fully saturated rings. The summed E-state index contributed by atoms with van der Waals surface area (Å²) in [7, 11) is 0. The number of carbonyl (C=O) groups excluding carboxylic acids is 1. The minimum atomic E-state index is -1.71. The van der Waals surface area contributed by atoms with Crippen molar-refractivity contribution in [2.24, 2.45) is 5.84 Å². The highest BCUT2D eigenvalue weighted by Crippen LogP contribution is 2.22. The predicted molar refractivity (Wildman–Crippen MR) is 94.1 cm³/mol. The smallest absolute Gasteiger partial charge is 0.405 e. The monoisotopic (exact) mass is 355 g/mol. The molecule has 0 radical (unpaired) electrons. The van der Waals surface area contributed by atoms with Crippen molar-refractivity contribution in [3.8, 4) is 0 Å². The van der Waals surface area contributed by atoms with Gasteiger partial charge in [0.1, 0.15) is 0 Å². The molecular formula is C17H17N5O4. The number of aromatic amines is 1. The van der Waals surface area contributed by atoms with Gasteiger partial charge in [0, 0.05) is 0 Å². The number of fused-ring (bicyclic) bond motifs is 1. The maximum atomic E-state index is 12.6. The van der Waals surface area contributed by atoms with Crippen molar-refractivity contribution in [3.63, 3.8) is 0 Å². The summed E-state index contributed by atoms with van der Waals surface area (Å²) in [4.78, 5) is 30.7. The van der Waals surface area contributed by atoms with Crippen LogP contribution in [0.2, 0.25) is 0 Å². The first kappa shape index (κ1) is 17.4. The quantitative estimate of drug-likeness (QED) is 0.264. The number of hydrazine groups is 1. The first-order chi connectivity index (χ1) is 12.5. The van der Waals surface area contributed by atoms with Crippen LogP contribution in [0.25, 0.3) is 11.0 Å². The van der Waals surface area contributed by atoms with Crippen molar-refractivity contribution in [2.75, 3.05) is 5.01 Å². The van der Waals surface area contributed by atoms with Crippen molar-refractivity contribution < 1.29 is 19.8 Å². The van der Waals surface area contributed by atoms with E-state index in [2.05, 4.69) is 15.3 Å². The Morgan fingerprint density at radius 1 is 1.19 bits per heavy atom. The van der Waals surface area contributed by atoms with Crippen molar-refractivity contribution in [3.05, 3.63) is 60.4 Å². The number of aromatic nitrogens is 2. The Hall–Kier alpha value is -3.43. The summed E-state index contributed by atoms with van der Waals surface area (Å²) in [5.41, 5.74) is 2.13. The summed E-state index contributed by atoms with van der Waals surface area (Å²) in [5.74, 6) is 5.01. The fraction of sp³-hybridized carbons (Fsp3) is 0.118. The van der Waals surface area contributed by atoms with Crippen LogP contribution in [0.15, 0.2) is 54.9 Å². The second-order valence-corrected chi connectivity index (χ2v) is 5.59. The van der Waals surface area contributed by atoms with Gasteiger partial charge in [0.15, 0.2) is 6.10 Å². The topological polar surface area (TPSA) is 145 Å². The van der Waals surface area contributed by atoms with E-state index in [-0.39, 0.29) is 0 Å². The highest BCUT2D eigenvalue weighted by molar-refractivity contribution is 5.97. The predicted octanol–water partition coefficient (Wildman–Crippen LogP) is 1.14. The molecule has 2 atom stereocenters. The highest BCUT2D eigenvalue weighted by atomic mass is 16.4. The molecule has 0 aliphatic heterocycles. The second kappa shape index (κ2) is 7.21. The number of anilines is 1. The van der Waals surface area contributed by atoms with Crippen LogP contribution in [-0.2, 0) is 4.79 Å². The SMILES string of the molecule is NN(C(=O)C(O)C(NC(=O)O)c1ccccc1)c1ccc2nc[nH]c2c1. The number of carbonyl (C=O) groups is 2. The Labute approximate surface area is 148 Å². The lowest BCUT2D eigenvalue weighted by Gasteiger charge is -2.26. The van der Waals surface area contributed by atoms with E-state index >= 15 is 0 Å². The van der Waals surface area contributed by atoms with Gasteiger partial charge in [0.05, 0.1) is 29.1 Å². The maximum absolute atomic E-state index is 12.6. The molecule has 3 rings (SSSR count). The zero-order chi connectivity index (χ0) is 18.7. The molecule has 2 aromatic carbocycles. The number of benzene rings is 2. The molecule has 1 aromatic heterocycles. The Morgan fingerprint density at radius 2 is 1.92 bits per heavy atom. The molecule has 2 unspecified atom stereocenters. The first-order valence-corrected chi connectivity index (χ1v) is 7.71. The maximum Gasteiger partial charge on any atom is 0.405 e. The molecule has 134 valence electrons. The zero-order valence-corrected chi connectivity index (χ0v) is 13.5. The molecule has 0 spiro atoms. The summed E-state index contributed by atoms with van der Waals surface area (Å²) in [6.07, 6.45) is -1.57. The van der Waals surface area contributed by atoms with Crippen LogP contribution >= 0.6 is 0 Å². The Balaban J connectivity index is 1.86. The van der Waals surface area contributed by atoms with Crippen LogP contribution < -0.4 is 16.2 Å². The molecule has 0 aliphatic rings. The van der Waals surface area contributed by atoms with E-state index in [9.17, 15) is 14.7 Å². The lowest BCUT2D eigenvalue weighted by atomic mass is 10.0. The molecule has 26 heavy (non-hydrogen) atoms. The average molecular weight is 355 g/mol. The Kier molecular flexibility index (Phi) is 4.83. The van der Waals surface area contributed by atoms with Gasteiger partial charge in [-0.1, -0.05) is 30.3 Å². The molecule has 0 saturated heterocycles. The van der Waals surface area contributed by atoms with E-state index in [4.69, 9.17) is 10.9 Å². The number of hydrogen-bond acceptors (Lipinski definition) is 5. The van der Waals surface area contributed by atoms with Crippen LogP contribution in [0.4, 0.5) is 10.5 Å². The molecule has 6 N–H and O–H groups in total. The molecule has 9 heteroatoms. The van der Waals surface area contributed by atoms with Crippen molar-refractivity contribution in [1.29, 1.82) is 0 Å². The van der Waals surface area contributed by atoms with Gasteiger partial charge in [-0.2, -0.15) is 0 Å². The van der Waals surface area contributed by atoms with Crippen molar-refractivity contribution >= 4 is 28.7 Å². The minimum absolute atomic E-state index is 0.327. The van der Waals surface area contributed by atoms with Crippen LogP contribution in [-0.4, -0.2) is 38.3 Å². The van der Waals surface area contributed by atoms with Crippen LogP contribution in [0.1, 0.15) is 11.6 Å². The third-order valence-electron chi connectivity index (χ3n) is 3.93. The van der Waals surface area contributed by atoms with Gasteiger partial charge in [0.25, 0.3) is 5.91 Å². The summed E-state index contributed by atoms with van der Waals surface area (Å²) >= 11 is 0. The van der Waals surface area contributed by atoms with Gasteiger partial charge in [-0.25, -0.2) is 20.6 Å². The van der Waals surface area contributed by atoms with Crippen molar-refractivity contribution in [2.45, 2.75) is 12.1 Å². The van der Waals surface area contributed by atoms with E-state index in [0.29, 0.717) is 22.3 Å². The molecule has 0 saturated carbocycles. The van der Waals surface area contributed by atoms with Crippen molar-refractivity contribution in [1.82, 2.24) is 15.3 Å². The molecule has 0 bridgehead atoms. The van der Waals surface area contributed by atoms with E-state index in [1.807, 2.05) is 0 Å². The minimum Gasteiger partial charge on any atom is -0.465 e. The van der Waals surface area contributed by atoms with Gasteiger partial charge in [-0.3, -0.25) is 4.79 Å². The van der Waals surface area contributed by atoms with Gasteiger partial charge < -0.3 is 20.5 Å². The Bertz CT molecular complexity index is 927. The van der Waals surface area contributed by atoms with Crippen LogP contribution in [0.3, 0.4) is 0 Å². The van der Waals surface area contributed by atoms with Gasteiger partial charge in [-0.15, -0.1) is 0 Å². The van der Waals surface area contributed by atoms with Crippen LogP contribution in [0, 0.1) is 0 Å². The first-order valence-electron chi connectivity index (χ1n) is 7.71. The van der Waals surface area contributed by atoms with E-state index in [0.717, 1.165) is 5.01 Å². The number of hydrogen-bond donors (Lipinski definition) is 5. The number of carboxylic acid groups (broad SMARTS) is 1. The van der Waals surface area contributed by atoms with Crippen LogP contribution in [0.5, 0.6) is 0 Å². The summed E-state index contributed by atoms with van der Waals surface area (Å²) in [5, 5.41) is 22.4. The Morgan fingerprint density at radius 3 is 2.62 bits per heavy atom. The zero-order valence-electron chi connectivity index (χ0n) is 13.5. The number of aliphatic hydroxyl groups is 1. The number of nitrogens with zero attached hydrogens (tertiary/aromatic N) is 2. The third-order valence-corrected chi connectivity index (χ3v) is 3.93. The van der Waals surface area contributed by atoms with Gasteiger partial charge >= 0.3 is 6.09 Å². The number of nitrogens with one attached hydrogen (secondary N) is 2. The number of imidazole rings is 1. The van der Waals surface area contributed by atoms with E-state index < -0.39 is 24.1 Å². The number of nitrogens with two attached hydrogens (primary N) is 1. The molecule has 3 aromatic rings. The fourth-order valence-corrected chi connectivity index (χ4v) is 2.62. The second-order valence-electron chi connectivity index (χ2n) is 5.59. The largest absolute Gasteiger partial charge is 0.465 e. The lowest BCUT2D eigenvalue weighted by molar-refractivity contribution is -0.128. The van der Waals surface area contributed by atoms with Gasteiger partial charge in [-0.05, 0) is 23.8 Å². The highest BCUT2D eigenvalue weighted by Gasteiger charge is 2.32. The summed E-state index contributed by atoms with van der Waals surface area (Å²) in [6, 6.07) is 12.0. The normalized spacial score (nSPS) is 13.2. The average Bonchev–Trinajstić information content (AvgIpc) is 3.12. The number of H-pyrrole nitrogens is 1. The molecule has 1 heterocycles. The number of rotatable bonds is 5. The number of amides is 2. The third kappa shape index (κ3) is 3.48. The molecule has 0 aliphatic carbocycles. The standard InChI is InChI=1S/C17H17N5O4/c18-22(11-6-7-12-13(8-11)20-9-19-12)16(24)15(23)14(21-17(25)26)10-4-2-1-3-5-10/h1-9,14-15,21,23H,18H2,(H,19,20)(H,25,26). The molecule has 2 amide bonds. The molecule has 9 nitrogen and oxygen atoms in total. The van der Waals surface area contributed by atoms with E-state index in [1.165, 1.54) is 6.33 Å².